The molecular formula is C64H100N10O7. The van der Waals surface area contributed by atoms with Gasteiger partial charge in [-0.15, -0.1) is 15.3 Å². The molecule has 2 aromatic carbocycles. The number of benzene rings is 2. The molecule has 448 valence electrons. The van der Waals surface area contributed by atoms with E-state index >= 15 is 0 Å². The number of ether oxygens (including phenoxy) is 3. The van der Waals surface area contributed by atoms with Gasteiger partial charge in [-0.2, -0.15) is 0 Å². The van der Waals surface area contributed by atoms with Gasteiger partial charge in [0.2, 0.25) is 0 Å². The molecule has 5 rings (SSSR count). The van der Waals surface area contributed by atoms with Gasteiger partial charge in [0, 0.05) is 44.5 Å². The van der Waals surface area contributed by atoms with Crippen molar-refractivity contribution < 1.29 is 33.7 Å². The standard InChI is InChI=1S/C64H100N10O7/c1-21-79-54(76)60(11,12)57(5,6)36-45(3)63(17,18)73-43-50(66-69-73)40-71(39-49-42-72(68-65-49)46(4)52(47-30-25-23-26-31-47)37-58(7,8)61(13,14)55(77)80-22-2)41-51-44-74(70-67-51)64(19,20)53(48-32-27-24-28-33-48)38-59(9,10)62(15,16)56(78)81-35-29-34-75/h23-28,30-33,42-46,52-53,75H,21-22,29,34-41H2,1-20H3. The Labute approximate surface area is 484 Å². The summed E-state index contributed by atoms with van der Waals surface area (Å²) in [5, 5.41) is 38.2. The van der Waals surface area contributed by atoms with E-state index in [0.29, 0.717) is 52.1 Å². The quantitative estimate of drug-likeness (QED) is 0.0250. The molecule has 3 aromatic heterocycles. The molecule has 0 aliphatic heterocycles. The zero-order valence-corrected chi connectivity index (χ0v) is 53.0. The molecule has 17 heteroatoms. The first kappa shape index (κ1) is 66.0. The summed E-state index contributed by atoms with van der Waals surface area (Å²) in [6.07, 6.45) is 8.49. The van der Waals surface area contributed by atoms with Crippen molar-refractivity contribution in [2.24, 2.45) is 38.4 Å². The van der Waals surface area contributed by atoms with E-state index in [9.17, 15) is 19.5 Å². The maximum Gasteiger partial charge on any atom is 0.312 e. The lowest BCUT2D eigenvalue weighted by atomic mass is 9.61. The van der Waals surface area contributed by atoms with Crippen LogP contribution in [0.4, 0.5) is 0 Å². The third-order valence-corrected chi connectivity index (χ3v) is 19.4. The summed E-state index contributed by atoms with van der Waals surface area (Å²) in [4.78, 5) is 42.5. The fraction of sp³-hybridized carbons (Fsp3) is 0.672. The molecule has 0 bridgehead atoms. The molecule has 0 saturated carbocycles. The summed E-state index contributed by atoms with van der Waals surface area (Å²) < 4.78 is 22.7. The van der Waals surface area contributed by atoms with Crippen molar-refractivity contribution in [2.45, 2.75) is 213 Å². The van der Waals surface area contributed by atoms with Crippen molar-refractivity contribution in [3.05, 3.63) is 107 Å². The minimum atomic E-state index is -0.855. The topological polar surface area (TPSA) is 194 Å². The zero-order valence-electron chi connectivity index (χ0n) is 53.0. The summed E-state index contributed by atoms with van der Waals surface area (Å²) >= 11 is 0. The molecule has 4 unspecified atom stereocenters. The average molecular weight is 1120 g/mol. The number of hydrogen-bond acceptors (Lipinski definition) is 14. The highest BCUT2D eigenvalue weighted by atomic mass is 16.5. The predicted octanol–water partition coefficient (Wildman–Crippen LogP) is 12.3. The van der Waals surface area contributed by atoms with Crippen LogP contribution in [-0.4, -0.2) is 99.3 Å². The molecule has 3 heterocycles. The molecule has 0 fully saturated rings. The molecule has 0 saturated heterocycles. The second-order valence-corrected chi connectivity index (χ2v) is 27.4. The fourth-order valence-corrected chi connectivity index (χ4v) is 10.7. The Morgan fingerprint density at radius 1 is 0.531 bits per heavy atom. The Bertz CT molecular complexity index is 2810. The van der Waals surface area contributed by atoms with Crippen molar-refractivity contribution >= 4 is 17.9 Å². The van der Waals surface area contributed by atoms with E-state index in [1.54, 1.807) is 0 Å². The smallest absolute Gasteiger partial charge is 0.312 e. The molecule has 4 atom stereocenters. The number of aromatic nitrogens is 9. The molecule has 81 heavy (non-hydrogen) atoms. The zero-order chi connectivity index (χ0) is 60.6. The van der Waals surface area contributed by atoms with Crippen molar-refractivity contribution in [1.82, 2.24) is 49.9 Å². The third kappa shape index (κ3) is 15.1. The molecule has 17 nitrogen and oxygen atoms in total. The Kier molecular flexibility index (Phi) is 21.3. The van der Waals surface area contributed by atoms with Gasteiger partial charge in [0.25, 0.3) is 0 Å². The minimum Gasteiger partial charge on any atom is -0.466 e. The molecular weight excluding hydrogens is 1020 g/mol. The lowest BCUT2D eigenvalue weighted by Gasteiger charge is -2.45. The predicted molar refractivity (Wildman–Crippen MR) is 316 cm³/mol. The first-order valence-corrected chi connectivity index (χ1v) is 29.3. The van der Waals surface area contributed by atoms with Crippen LogP contribution >= 0.6 is 0 Å². The van der Waals surface area contributed by atoms with Gasteiger partial charge in [0.05, 0.1) is 88.9 Å². The molecule has 0 radical (unpaired) electrons. The third-order valence-electron chi connectivity index (χ3n) is 19.4. The van der Waals surface area contributed by atoms with Gasteiger partial charge in [-0.3, -0.25) is 19.3 Å². The summed E-state index contributed by atoms with van der Waals surface area (Å²) in [5.74, 6) is -0.756. The Hall–Kier alpha value is -5.81. The second-order valence-electron chi connectivity index (χ2n) is 27.4. The van der Waals surface area contributed by atoms with Crippen LogP contribution in [0.3, 0.4) is 0 Å². The summed E-state index contributed by atoms with van der Waals surface area (Å²) in [6.45, 7) is 43.2. The van der Waals surface area contributed by atoms with Crippen LogP contribution in [-0.2, 0) is 59.3 Å². The van der Waals surface area contributed by atoms with Crippen LogP contribution in [0.5, 0.6) is 0 Å². The second kappa shape index (κ2) is 26.2. The first-order valence-electron chi connectivity index (χ1n) is 29.3. The number of aliphatic hydroxyl groups is 1. The lowest BCUT2D eigenvalue weighted by molar-refractivity contribution is -0.162. The van der Waals surface area contributed by atoms with Gasteiger partial charge in [0.15, 0.2) is 0 Å². The Morgan fingerprint density at radius 2 is 0.938 bits per heavy atom. The normalized spacial score (nSPS) is 14.8. The van der Waals surface area contributed by atoms with E-state index in [0.717, 1.165) is 34.6 Å². The van der Waals surface area contributed by atoms with Crippen LogP contribution in [0.25, 0.3) is 0 Å². The number of carbonyl (C=O) groups is 3. The number of aliphatic hydroxyl groups excluding tert-OH is 1. The van der Waals surface area contributed by atoms with E-state index in [1.807, 2.05) is 112 Å². The molecule has 0 spiro atoms. The van der Waals surface area contributed by atoms with E-state index in [4.69, 9.17) is 45.1 Å². The SMILES string of the molecule is CCOC(=O)C(C)(C)C(C)(C)CC(c1ccccc1)C(C)n1cc(CN(Cc2cn(C(C)(C)C(C)CC(C)(C)C(C)(C)C(=O)OCC)nn2)Cc2cn(C(C)(C)C(CC(C)(C)C(C)(C)C(=O)OCCCO)c3ccccc3)nn2)nn1. The van der Waals surface area contributed by atoms with Gasteiger partial charge in [-0.1, -0.05) is 125 Å². The minimum absolute atomic E-state index is 0.0245. The van der Waals surface area contributed by atoms with Crippen molar-refractivity contribution in [1.29, 1.82) is 0 Å². The van der Waals surface area contributed by atoms with Gasteiger partial charge < -0.3 is 19.3 Å². The highest BCUT2D eigenvalue weighted by molar-refractivity contribution is 5.78. The van der Waals surface area contributed by atoms with E-state index in [2.05, 4.69) is 124 Å². The number of rotatable bonds is 31. The largest absolute Gasteiger partial charge is 0.466 e. The maximum absolute atomic E-state index is 13.7. The number of esters is 3. The molecule has 5 aromatic rings. The number of nitrogens with zero attached hydrogens (tertiary/aromatic N) is 10. The molecule has 0 amide bonds. The van der Waals surface area contributed by atoms with E-state index in [1.165, 1.54) is 0 Å². The molecule has 0 aliphatic rings. The van der Waals surface area contributed by atoms with Crippen LogP contribution in [0, 0.1) is 38.4 Å². The fourth-order valence-electron chi connectivity index (χ4n) is 10.7. The van der Waals surface area contributed by atoms with Crippen LogP contribution in [0.15, 0.2) is 79.3 Å². The summed E-state index contributed by atoms with van der Waals surface area (Å²) in [5.41, 5.74) is -0.298. The molecule has 1 N–H and O–H groups in total. The maximum atomic E-state index is 13.7. The summed E-state index contributed by atoms with van der Waals surface area (Å²) in [6, 6.07) is 20.6. The van der Waals surface area contributed by atoms with Gasteiger partial charge >= 0.3 is 17.9 Å². The molecule has 0 aliphatic carbocycles. The number of hydrogen-bond donors (Lipinski definition) is 1. The van der Waals surface area contributed by atoms with Crippen molar-refractivity contribution in [3.8, 4) is 0 Å². The van der Waals surface area contributed by atoms with Crippen LogP contribution < -0.4 is 0 Å². The first-order chi connectivity index (χ1) is 37.6. The highest BCUT2D eigenvalue weighted by Gasteiger charge is 2.50. The van der Waals surface area contributed by atoms with Crippen molar-refractivity contribution in [2.75, 3.05) is 26.4 Å². The van der Waals surface area contributed by atoms with Gasteiger partial charge in [-0.25, -0.2) is 14.0 Å². The lowest BCUT2D eigenvalue weighted by Crippen LogP contribution is -2.45. The highest BCUT2D eigenvalue weighted by Crippen LogP contribution is 2.52. The van der Waals surface area contributed by atoms with Crippen molar-refractivity contribution in [3.63, 3.8) is 0 Å². The monoisotopic (exact) mass is 1120 g/mol. The Balaban J connectivity index is 1.51. The van der Waals surface area contributed by atoms with Gasteiger partial charge in [-0.05, 0) is 143 Å². The average Bonchev–Trinajstić information content (AvgIpc) is 4.25. The Morgan fingerprint density at radius 3 is 1.41 bits per heavy atom. The van der Waals surface area contributed by atoms with E-state index < -0.39 is 43.6 Å². The van der Waals surface area contributed by atoms with Crippen LogP contribution in [0.1, 0.15) is 210 Å². The van der Waals surface area contributed by atoms with E-state index in [-0.39, 0.29) is 54.9 Å². The summed E-state index contributed by atoms with van der Waals surface area (Å²) in [7, 11) is 0. The van der Waals surface area contributed by atoms with Gasteiger partial charge in [0.1, 0.15) is 0 Å². The van der Waals surface area contributed by atoms with Crippen LogP contribution in [0.2, 0.25) is 0 Å². The number of carbonyl (C=O) groups excluding carboxylic acids is 3.